The molecule has 6 heteroatoms. The molecule has 116 valence electrons. The Morgan fingerprint density at radius 1 is 1.35 bits per heavy atom. The molecule has 3 rings (SSSR count). The van der Waals surface area contributed by atoms with Gasteiger partial charge in [0, 0.05) is 24.7 Å². The molecule has 0 spiro atoms. The first-order valence-corrected chi connectivity index (χ1v) is 7.64. The van der Waals surface area contributed by atoms with E-state index < -0.39 is 0 Å². The second kappa shape index (κ2) is 6.67. The molecule has 1 aromatic carbocycles. The molecular weight excluding hydrogens is 312 g/mol. The number of nitrogens with zero attached hydrogens (tertiary/aromatic N) is 4. The molecule has 0 N–H and O–H groups in total. The highest BCUT2D eigenvalue weighted by molar-refractivity contribution is 6.31. The van der Waals surface area contributed by atoms with Crippen LogP contribution >= 0.6 is 11.6 Å². The Morgan fingerprint density at radius 2 is 2.22 bits per heavy atom. The third-order valence-electron chi connectivity index (χ3n) is 3.55. The van der Waals surface area contributed by atoms with Crippen molar-refractivity contribution in [2.75, 3.05) is 7.11 Å². The van der Waals surface area contributed by atoms with E-state index in [1.165, 1.54) is 0 Å². The molecule has 0 aliphatic rings. The fourth-order valence-electron chi connectivity index (χ4n) is 2.50. The van der Waals surface area contributed by atoms with Crippen LogP contribution in [0.1, 0.15) is 12.8 Å². The highest BCUT2D eigenvalue weighted by atomic mass is 35.5. The molecule has 5 nitrogen and oxygen atoms in total. The van der Waals surface area contributed by atoms with E-state index in [4.69, 9.17) is 21.6 Å². The Balaban J connectivity index is 2.13. The molecule has 23 heavy (non-hydrogen) atoms. The van der Waals surface area contributed by atoms with Crippen molar-refractivity contribution in [3.05, 3.63) is 41.6 Å². The van der Waals surface area contributed by atoms with E-state index in [-0.39, 0.29) is 0 Å². The van der Waals surface area contributed by atoms with E-state index in [1.54, 1.807) is 19.4 Å². The number of pyridine rings is 1. The predicted molar refractivity (Wildman–Crippen MR) is 89.4 cm³/mol. The number of benzene rings is 1. The number of imidazole rings is 1. The maximum Gasteiger partial charge on any atom is 0.160 e. The quantitative estimate of drug-likeness (QED) is 0.663. The normalized spacial score (nSPS) is 10.7. The third-order valence-corrected chi connectivity index (χ3v) is 3.76. The van der Waals surface area contributed by atoms with Crippen LogP contribution in [0.15, 0.2) is 36.5 Å². The van der Waals surface area contributed by atoms with E-state index in [0.717, 1.165) is 34.7 Å². The molecule has 0 radical (unpaired) electrons. The first-order chi connectivity index (χ1) is 11.2. The van der Waals surface area contributed by atoms with Crippen molar-refractivity contribution in [2.24, 2.45) is 0 Å². The number of nitriles is 1. The van der Waals surface area contributed by atoms with Gasteiger partial charge in [-0.05, 0) is 24.6 Å². The summed E-state index contributed by atoms with van der Waals surface area (Å²) in [5, 5.41) is 9.33. The van der Waals surface area contributed by atoms with Crippen LogP contribution < -0.4 is 4.74 Å². The highest BCUT2D eigenvalue weighted by Gasteiger charge is 2.14. The first kappa shape index (κ1) is 15.3. The summed E-state index contributed by atoms with van der Waals surface area (Å²) in [5.74, 6) is 1.57. The third kappa shape index (κ3) is 3.13. The van der Waals surface area contributed by atoms with Gasteiger partial charge in [-0.25, -0.2) is 9.97 Å². The lowest BCUT2D eigenvalue weighted by molar-refractivity contribution is 0.415. The predicted octanol–water partition coefficient (Wildman–Crippen LogP) is 4.06. The van der Waals surface area contributed by atoms with Crippen molar-refractivity contribution in [3.8, 4) is 23.2 Å². The SMILES string of the molecule is COc1cccc(-c2nc3cc(Cl)cnc3n2CCCC#N)c1. The van der Waals surface area contributed by atoms with Crippen molar-refractivity contribution in [3.63, 3.8) is 0 Å². The number of aromatic nitrogens is 3. The maximum atomic E-state index is 8.77. The molecule has 0 amide bonds. The molecule has 0 unspecified atom stereocenters. The zero-order chi connectivity index (χ0) is 16.2. The average molecular weight is 327 g/mol. The van der Waals surface area contributed by atoms with Gasteiger partial charge in [0.2, 0.25) is 0 Å². The standard InChI is InChI=1S/C17H15ClN4O/c1-23-14-6-4-5-12(9-14)16-21-15-10-13(18)11-20-17(15)22(16)8-3-2-7-19/h4-6,9-11H,2-3,8H2,1H3. The minimum absolute atomic E-state index is 0.491. The number of ether oxygens (including phenoxy) is 1. The summed E-state index contributed by atoms with van der Waals surface area (Å²) in [6, 6.07) is 11.7. The van der Waals surface area contributed by atoms with Crippen LogP contribution in [0.5, 0.6) is 5.75 Å². The van der Waals surface area contributed by atoms with Crippen molar-refractivity contribution < 1.29 is 4.74 Å². The Labute approximate surface area is 139 Å². The minimum atomic E-state index is 0.491. The first-order valence-electron chi connectivity index (χ1n) is 7.26. The molecule has 0 bridgehead atoms. The Hall–Kier alpha value is -2.58. The Bertz CT molecular complexity index is 882. The molecule has 3 aromatic rings. The number of hydrogen-bond donors (Lipinski definition) is 0. The summed E-state index contributed by atoms with van der Waals surface area (Å²) in [4.78, 5) is 9.08. The summed E-state index contributed by atoms with van der Waals surface area (Å²) in [6.45, 7) is 0.672. The number of methoxy groups -OCH3 is 1. The highest BCUT2D eigenvalue weighted by Crippen LogP contribution is 2.28. The molecule has 0 fully saturated rings. The van der Waals surface area contributed by atoms with E-state index in [2.05, 4.69) is 16.0 Å². The van der Waals surface area contributed by atoms with Gasteiger partial charge in [-0.3, -0.25) is 0 Å². The minimum Gasteiger partial charge on any atom is -0.497 e. The maximum absolute atomic E-state index is 8.77. The fourth-order valence-corrected chi connectivity index (χ4v) is 2.65. The van der Waals surface area contributed by atoms with Gasteiger partial charge >= 0.3 is 0 Å². The van der Waals surface area contributed by atoms with Gasteiger partial charge in [-0.1, -0.05) is 23.7 Å². The average Bonchev–Trinajstić information content (AvgIpc) is 2.93. The van der Waals surface area contributed by atoms with E-state index in [0.29, 0.717) is 18.0 Å². The Kier molecular flexibility index (Phi) is 4.45. The topological polar surface area (TPSA) is 63.7 Å². The monoisotopic (exact) mass is 326 g/mol. The summed E-state index contributed by atoms with van der Waals surface area (Å²) < 4.78 is 7.32. The van der Waals surface area contributed by atoms with Gasteiger partial charge in [-0.2, -0.15) is 5.26 Å². The second-order valence-electron chi connectivity index (χ2n) is 5.08. The molecule has 0 aliphatic heterocycles. The lowest BCUT2D eigenvalue weighted by Gasteiger charge is -2.08. The molecule has 2 heterocycles. The van der Waals surface area contributed by atoms with Gasteiger partial charge in [0.1, 0.15) is 17.1 Å². The van der Waals surface area contributed by atoms with Gasteiger partial charge in [-0.15, -0.1) is 0 Å². The molecule has 2 aromatic heterocycles. The molecule has 0 saturated carbocycles. The Morgan fingerprint density at radius 3 is 3.00 bits per heavy atom. The second-order valence-corrected chi connectivity index (χ2v) is 5.51. The van der Waals surface area contributed by atoms with Crippen molar-refractivity contribution in [2.45, 2.75) is 19.4 Å². The summed E-state index contributed by atoms with van der Waals surface area (Å²) in [6.07, 6.45) is 2.84. The van der Waals surface area contributed by atoms with E-state index in [1.807, 2.05) is 28.8 Å². The van der Waals surface area contributed by atoms with Crippen LogP contribution in [0.25, 0.3) is 22.6 Å². The van der Waals surface area contributed by atoms with Crippen LogP contribution in [0.2, 0.25) is 5.02 Å². The summed E-state index contributed by atoms with van der Waals surface area (Å²) >= 11 is 6.03. The molecule has 0 saturated heterocycles. The molecule has 0 aliphatic carbocycles. The van der Waals surface area contributed by atoms with E-state index >= 15 is 0 Å². The van der Waals surface area contributed by atoms with Crippen LogP contribution in [0.3, 0.4) is 0 Å². The van der Waals surface area contributed by atoms with Crippen LogP contribution in [-0.2, 0) is 6.54 Å². The molecular formula is C17H15ClN4O. The summed E-state index contributed by atoms with van der Waals surface area (Å²) in [7, 11) is 1.64. The lowest BCUT2D eigenvalue weighted by Crippen LogP contribution is -2.02. The van der Waals surface area contributed by atoms with Crippen LogP contribution in [0.4, 0.5) is 0 Å². The van der Waals surface area contributed by atoms with Crippen molar-refractivity contribution >= 4 is 22.8 Å². The van der Waals surface area contributed by atoms with Crippen LogP contribution in [-0.4, -0.2) is 21.6 Å². The van der Waals surface area contributed by atoms with Crippen molar-refractivity contribution in [1.82, 2.24) is 14.5 Å². The number of hydrogen-bond acceptors (Lipinski definition) is 4. The molecule has 0 atom stereocenters. The van der Waals surface area contributed by atoms with Gasteiger partial charge in [0.25, 0.3) is 0 Å². The number of aryl methyl sites for hydroxylation is 1. The number of unbranched alkanes of at least 4 members (excludes halogenated alkanes) is 1. The smallest absolute Gasteiger partial charge is 0.160 e. The summed E-state index contributed by atoms with van der Waals surface area (Å²) in [5.41, 5.74) is 2.45. The van der Waals surface area contributed by atoms with Gasteiger partial charge < -0.3 is 9.30 Å². The van der Waals surface area contributed by atoms with E-state index in [9.17, 15) is 0 Å². The van der Waals surface area contributed by atoms with Gasteiger partial charge in [0.05, 0.1) is 18.2 Å². The van der Waals surface area contributed by atoms with Crippen molar-refractivity contribution in [1.29, 1.82) is 5.26 Å². The lowest BCUT2D eigenvalue weighted by atomic mass is 10.2. The zero-order valence-corrected chi connectivity index (χ0v) is 13.4. The number of halogens is 1. The zero-order valence-electron chi connectivity index (χ0n) is 12.7. The fraction of sp³-hybridized carbons (Fsp3) is 0.235. The van der Waals surface area contributed by atoms with Crippen LogP contribution in [0, 0.1) is 11.3 Å². The van der Waals surface area contributed by atoms with Gasteiger partial charge in [0.15, 0.2) is 5.65 Å². The number of fused-ring (bicyclic) bond motifs is 1. The number of rotatable bonds is 5. The largest absolute Gasteiger partial charge is 0.497 e.